The Hall–Kier alpha value is 0.310. The van der Waals surface area contributed by atoms with Crippen molar-refractivity contribution in [2.24, 2.45) is 0 Å². The monoisotopic (exact) mass is 175 g/mol. The van der Waals surface area contributed by atoms with Gasteiger partial charge in [0.25, 0.3) is 0 Å². The minimum atomic E-state index is 0.554. The van der Waals surface area contributed by atoms with Crippen LogP contribution in [0.5, 0.6) is 0 Å². The Bertz CT molecular complexity index is 58.6. The first-order valence-electron chi connectivity index (χ1n) is 4.39. The van der Waals surface area contributed by atoms with Crippen LogP contribution in [0.3, 0.4) is 0 Å². The first-order chi connectivity index (χ1) is 5.41. The third-order valence-electron chi connectivity index (χ3n) is 1.63. The second kappa shape index (κ2) is 10.3. The van der Waals surface area contributed by atoms with Gasteiger partial charge in [-0.1, -0.05) is 39.0 Å². The van der Waals surface area contributed by atoms with Gasteiger partial charge in [0.1, 0.15) is 0 Å². The van der Waals surface area contributed by atoms with Crippen LogP contribution in [0.15, 0.2) is 0 Å². The van der Waals surface area contributed by atoms with Crippen LogP contribution < -0.4 is 0 Å². The highest BCUT2D eigenvalue weighted by Gasteiger charge is 1.88. The topological polar surface area (TPSA) is 9.23 Å². The Labute approximate surface area is 75.9 Å². The zero-order chi connectivity index (χ0) is 8.36. The SMILES string of the molecule is [CH2]CCCCCCCOCS. The summed E-state index contributed by atoms with van der Waals surface area (Å²) in [5.74, 6) is 0.554. The molecule has 0 bridgehead atoms. The summed E-state index contributed by atoms with van der Waals surface area (Å²) in [5.41, 5.74) is 0. The summed E-state index contributed by atoms with van der Waals surface area (Å²) in [5, 5.41) is 0. The van der Waals surface area contributed by atoms with Crippen LogP contribution in [0.25, 0.3) is 0 Å². The third-order valence-corrected chi connectivity index (χ3v) is 1.81. The first-order valence-corrected chi connectivity index (χ1v) is 5.03. The molecule has 2 heteroatoms. The molecule has 0 aromatic carbocycles. The van der Waals surface area contributed by atoms with Crippen molar-refractivity contribution in [3.8, 4) is 0 Å². The summed E-state index contributed by atoms with van der Waals surface area (Å²) in [7, 11) is 0. The molecule has 67 valence electrons. The smallest absolute Gasteiger partial charge is 0.0892 e. The zero-order valence-corrected chi connectivity index (χ0v) is 8.11. The van der Waals surface area contributed by atoms with Crippen molar-refractivity contribution in [1.29, 1.82) is 0 Å². The molecule has 11 heavy (non-hydrogen) atoms. The van der Waals surface area contributed by atoms with Crippen molar-refractivity contribution in [3.63, 3.8) is 0 Å². The average Bonchev–Trinajstić information content (AvgIpc) is 2.03. The molecule has 0 saturated heterocycles. The molecule has 0 amide bonds. The highest BCUT2D eigenvalue weighted by Crippen LogP contribution is 2.04. The molecule has 0 aromatic heterocycles. The van der Waals surface area contributed by atoms with E-state index in [1.165, 1.54) is 32.1 Å². The summed E-state index contributed by atoms with van der Waals surface area (Å²) in [6.07, 6.45) is 7.46. The van der Waals surface area contributed by atoms with Crippen molar-refractivity contribution in [2.75, 3.05) is 12.5 Å². The van der Waals surface area contributed by atoms with Crippen molar-refractivity contribution in [2.45, 2.75) is 38.5 Å². The molecular weight excluding hydrogens is 156 g/mol. The third kappa shape index (κ3) is 10.3. The molecule has 1 nitrogen and oxygen atoms in total. The minimum Gasteiger partial charge on any atom is -0.371 e. The Kier molecular flexibility index (Phi) is 10.6. The van der Waals surface area contributed by atoms with E-state index in [1.807, 2.05) is 0 Å². The number of hydrogen-bond acceptors (Lipinski definition) is 2. The fourth-order valence-electron chi connectivity index (χ4n) is 0.976. The molecule has 0 aromatic rings. The van der Waals surface area contributed by atoms with Gasteiger partial charge in [-0.25, -0.2) is 0 Å². The molecule has 0 aliphatic carbocycles. The van der Waals surface area contributed by atoms with Crippen molar-refractivity contribution < 1.29 is 4.74 Å². The van der Waals surface area contributed by atoms with Crippen LogP contribution in [0.2, 0.25) is 0 Å². The molecule has 0 N–H and O–H groups in total. The van der Waals surface area contributed by atoms with E-state index in [-0.39, 0.29) is 0 Å². The predicted molar refractivity (Wildman–Crippen MR) is 52.9 cm³/mol. The van der Waals surface area contributed by atoms with Crippen LogP contribution in [0.4, 0.5) is 0 Å². The Morgan fingerprint density at radius 2 is 1.64 bits per heavy atom. The first kappa shape index (κ1) is 11.3. The van der Waals surface area contributed by atoms with Gasteiger partial charge >= 0.3 is 0 Å². The molecule has 0 saturated carbocycles. The molecule has 0 atom stereocenters. The molecule has 0 aliphatic rings. The van der Waals surface area contributed by atoms with Crippen molar-refractivity contribution >= 4 is 12.6 Å². The van der Waals surface area contributed by atoms with Gasteiger partial charge in [0.05, 0.1) is 5.94 Å². The van der Waals surface area contributed by atoms with Gasteiger partial charge < -0.3 is 4.74 Å². The molecule has 0 heterocycles. The molecule has 0 fully saturated rings. The summed E-state index contributed by atoms with van der Waals surface area (Å²) in [4.78, 5) is 0. The highest BCUT2D eigenvalue weighted by atomic mass is 32.1. The number of unbranched alkanes of at least 4 members (excludes halogenated alkanes) is 5. The lowest BCUT2D eigenvalue weighted by Crippen LogP contribution is -1.91. The maximum Gasteiger partial charge on any atom is 0.0892 e. The fourth-order valence-corrected chi connectivity index (χ4v) is 1.10. The standard InChI is InChI=1S/C9H19OS/c1-2-3-4-5-6-7-8-10-9-11/h11H,1-9H2. The second-order valence-corrected chi connectivity index (χ2v) is 2.92. The van der Waals surface area contributed by atoms with Crippen LogP contribution >= 0.6 is 12.6 Å². The maximum atomic E-state index is 5.09. The van der Waals surface area contributed by atoms with Gasteiger partial charge in [0.2, 0.25) is 0 Å². The van der Waals surface area contributed by atoms with E-state index >= 15 is 0 Å². The van der Waals surface area contributed by atoms with Gasteiger partial charge in [-0.3, -0.25) is 0 Å². The summed E-state index contributed by atoms with van der Waals surface area (Å²) in [6, 6.07) is 0. The zero-order valence-electron chi connectivity index (χ0n) is 7.22. The maximum absolute atomic E-state index is 5.09. The van der Waals surface area contributed by atoms with E-state index in [0.29, 0.717) is 5.94 Å². The van der Waals surface area contributed by atoms with Crippen molar-refractivity contribution in [1.82, 2.24) is 0 Å². The molecule has 0 rings (SSSR count). The molecule has 0 unspecified atom stereocenters. The Morgan fingerprint density at radius 1 is 1.00 bits per heavy atom. The molecule has 0 aliphatic heterocycles. The van der Waals surface area contributed by atoms with Gasteiger partial charge in [-0.05, 0) is 6.42 Å². The molecular formula is C9H19OS. The fraction of sp³-hybridized carbons (Fsp3) is 0.889. The summed E-state index contributed by atoms with van der Waals surface area (Å²) < 4.78 is 5.09. The lowest BCUT2D eigenvalue weighted by Gasteiger charge is -2.00. The second-order valence-electron chi connectivity index (χ2n) is 2.66. The van der Waals surface area contributed by atoms with E-state index in [4.69, 9.17) is 4.74 Å². The Morgan fingerprint density at radius 3 is 2.27 bits per heavy atom. The van der Waals surface area contributed by atoms with Crippen LogP contribution in [-0.4, -0.2) is 12.5 Å². The number of thiol groups is 1. The lowest BCUT2D eigenvalue weighted by atomic mass is 10.1. The van der Waals surface area contributed by atoms with E-state index in [2.05, 4.69) is 19.6 Å². The van der Waals surface area contributed by atoms with Crippen LogP contribution in [0, 0.1) is 6.92 Å². The molecule has 1 radical (unpaired) electrons. The van der Waals surface area contributed by atoms with E-state index in [1.54, 1.807) is 0 Å². The normalized spacial score (nSPS) is 10.4. The minimum absolute atomic E-state index is 0.554. The Balaban J connectivity index is 2.69. The number of ether oxygens (including phenoxy) is 1. The van der Waals surface area contributed by atoms with Crippen LogP contribution in [0.1, 0.15) is 38.5 Å². The van der Waals surface area contributed by atoms with Gasteiger partial charge in [0.15, 0.2) is 0 Å². The van der Waals surface area contributed by atoms with E-state index < -0.39 is 0 Å². The predicted octanol–water partition coefficient (Wildman–Crippen LogP) is 3.06. The summed E-state index contributed by atoms with van der Waals surface area (Å²) >= 11 is 3.95. The van der Waals surface area contributed by atoms with Gasteiger partial charge in [-0.2, -0.15) is 12.6 Å². The van der Waals surface area contributed by atoms with E-state index in [9.17, 15) is 0 Å². The molecule has 0 spiro atoms. The summed E-state index contributed by atoms with van der Waals surface area (Å²) in [6.45, 7) is 4.67. The van der Waals surface area contributed by atoms with Gasteiger partial charge in [0, 0.05) is 6.61 Å². The van der Waals surface area contributed by atoms with E-state index in [0.717, 1.165) is 13.0 Å². The average molecular weight is 175 g/mol. The largest absolute Gasteiger partial charge is 0.371 e. The highest BCUT2D eigenvalue weighted by molar-refractivity contribution is 7.80. The lowest BCUT2D eigenvalue weighted by molar-refractivity contribution is 0.178. The van der Waals surface area contributed by atoms with Crippen molar-refractivity contribution in [3.05, 3.63) is 6.92 Å². The number of hydrogen-bond donors (Lipinski definition) is 1. The van der Waals surface area contributed by atoms with Gasteiger partial charge in [-0.15, -0.1) is 0 Å². The number of rotatable bonds is 8. The van der Waals surface area contributed by atoms with Crippen LogP contribution in [-0.2, 0) is 4.74 Å². The quantitative estimate of drug-likeness (QED) is 0.339.